The first-order valence-electron chi connectivity index (χ1n) is 12.1. The van der Waals surface area contributed by atoms with Gasteiger partial charge in [-0.3, -0.25) is 9.79 Å². The van der Waals surface area contributed by atoms with Gasteiger partial charge in [-0.1, -0.05) is 96.8 Å². The summed E-state index contributed by atoms with van der Waals surface area (Å²) < 4.78 is 5.53. The summed E-state index contributed by atoms with van der Waals surface area (Å²) in [6.45, 7) is 7.87. The van der Waals surface area contributed by atoms with Crippen LogP contribution in [0.5, 0.6) is 0 Å². The van der Waals surface area contributed by atoms with Crippen molar-refractivity contribution in [3.63, 3.8) is 0 Å². The van der Waals surface area contributed by atoms with Crippen molar-refractivity contribution in [3.8, 4) is 0 Å². The molecule has 28 heavy (non-hydrogen) atoms. The van der Waals surface area contributed by atoms with Gasteiger partial charge in [-0.2, -0.15) is 0 Å². The van der Waals surface area contributed by atoms with Crippen LogP contribution >= 0.6 is 0 Å². The van der Waals surface area contributed by atoms with Crippen LogP contribution < -0.4 is 0 Å². The quantitative estimate of drug-likeness (QED) is 0.188. The van der Waals surface area contributed by atoms with E-state index in [4.69, 9.17) is 4.74 Å². The molecule has 0 fully saturated rings. The van der Waals surface area contributed by atoms with Crippen LogP contribution in [0.25, 0.3) is 0 Å². The SMILES string of the molecule is CCCCCCCCCCCCCCCCCC(=O)OC(C)N1CCN=C1C. The van der Waals surface area contributed by atoms with Gasteiger partial charge in [0.05, 0.1) is 12.4 Å². The second kappa shape index (κ2) is 16.9. The summed E-state index contributed by atoms with van der Waals surface area (Å²) in [4.78, 5) is 18.4. The van der Waals surface area contributed by atoms with Gasteiger partial charge in [-0.15, -0.1) is 0 Å². The van der Waals surface area contributed by atoms with E-state index in [1.165, 1.54) is 83.5 Å². The Morgan fingerprint density at radius 2 is 1.36 bits per heavy atom. The maximum Gasteiger partial charge on any atom is 0.307 e. The molecule has 0 aromatic rings. The summed E-state index contributed by atoms with van der Waals surface area (Å²) in [7, 11) is 0. The Morgan fingerprint density at radius 1 is 0.893 bits per heavy atom. The molecular weight excluding hydrogens is 348 g/mol. The van der Waals surface area contributed by atoms with Crippen molar-refractivity contribution < 1.29 is 9.53 Å². The highest BCUT2D eigenvalue weighted by atomic mass is 16.6. The fourth-order valence-corrected chi connectivity index (χ4v) is 3.97. The normalized spacial score (nSPS) is 15.0. The van der Waals surface area contributed by atoms with Gasteiger partial charge < -0.3 is 9.64 Å². The number of ether oxygens (including phenoxy) is 1. The van der Waals surface area contributed by atoms with E-state index in [9.17, 15) is 4.79 Å². The number of aliphatic imine (C=N–C) groups is 1. The molecule has 0 saturated carbocycles. The number of unbranched alkanes of at least 4 members (excludes halogenated alkanes) is 14. The predicted octanol–water partition coefficient (Wildman–Crippen LogP) is 6.87. The molecule has 4 nitrogen and oxygen atoms in total. The zero-order valence-electron chi connectivity index (χ0n) is 19.0. The van der Waals surface area contributed by atoms with Crippen LogP contribution in [0.2, 0.25) is 0 Å². The number of carbonyl (C=O) groups is 1. The van der Waals surface area contributed by atoms with E-state index in [0.29, 0.717) is 6.42 Å². The first kappa shape index (κ1) is 25.0. The minimum atomic E-state index is -0.185. The third-order valence-electron chi connectivity index (χ3n) is 5.82. The van der Waals surface area contributed by atoms with Gasteiger partial charge in [0, 0.05) is 13.0 Å². The van der Waals surface area contributed by atoms with E-state index in [1.807, 2.05) is 13.8 Å². The molecule has 0 N–H and O–H groups in total. The van der Waals surface area contributed by atoms with E-state index < -0.39 is 0 Å². The minimum Gasteiger partial charge on any atom is -0.442 e. The number of amidine groups is 1. The van der Waals surface area contributed by atoms with Crippen molar-refractivity contribution in [2.75, 3.05) is 13.1 Å². The maximum absolute atomic E-state index is 12.0. The minimum absolute atomic E-state index is 0.0677. The summed E-state index contributed by atoms with van der Waals surface area (Å²) in [5.74, 6) is 0.911. The summed E-state index contributed by atoms with van der Waals surface area (Å²) in [5, 5.41) is 0. The summed E-state index contributed by atoms with van der Waals surface area (Å²) in [6, 6.07) is 0. The van der Waals surface area contributed by atoms with E-state index in [1.54, 1.807) is 0 Å². The van der Waals surface area contributed by atoms with Crippen LogP contribution in [0.15, 0.2) is 4.99 Å². The van der Waals surface area contributed by atoms with Crippen molar-refractivity contribution >= 4 is 11.8 Å². The Labute approximate surface area is 174 Å². The standard InChI is InChI=1S/C24H46N2O2/c1-4-5-6-7-8-9-10-11-12-13-14-15-16-17-18-19-24(27)28-23(3)26-21-20-25-22(26)2/h23H,4-21H2,1-3H3. The highest BCUT2D eigenvalue weighted by Gasteiger charge is 2.21. The number of rotatable bonds is 18. The molecule has 0 amide bonds. The molecule has 1 aliphatic heterocycles. The molecule has 1 rings (SSSR count). The lowest BCUT2D eigenvalue weighted by molar-refractivity contribution is -0.154. The van der Waals surface area contributed by atoms with E-state index in [0.717, 1.165) is 31.8 Å². The topological polar surface area (TPSA) is 41.9 Å². The third kappa shape index (κ3) is 12.4. The molecular formula is C24H46N2O2. The van der Waals surface area contributed by atoms with Gasteiger partial charge in [0.1, 0.15) is 0 Å². The number of nitrogens with zero attached hydrogens (tertiary/aromatic N) is 2. The Balaban J connectivity index is 1.81. The molecule has 1 aliphatic rings. The monoisotopic (exact) mass is 394 g/mol. The Kier molecular flexibility index (Phi) is 15.0. The van der Waals surface area contributed by atoms with Gasteiger partial charge in [0.25, 0.3) is 0 Å². The molecule has 0 bridgehead atoms. The summed E-state index contributed by atoms with van der Waals surface area (Å²) >= 11 is 0. The van der Waals surface area contributed by atoms with Crippen LogP contribution in [0.1, 0.15) is 124 Å². The zero-order chi connectivity index (χ0) is 20.5. The van der Waals surface area contributed by atoms with Crippen LogP contribution in [0.4, 0.5) is 0 Å². The average molecular weight is 395 g/mol. The fraction of sp³-hybridized carbons (Fsp3) is 0.917. The number of hydrogen-bond donors (Lipinski definition) is 0. The summed E-state index contributed by atoms with van der Waals surface area (Å²) in [6.07, 6.45) is 20.5. The Morgan fingerprint density at radius 3 is 1.79 bits per heavy atom. The molecule has 0 radical (unpaired) electrons. The smallest absolute Gasteiger partial charge is 0.307 e. The Hall–Kier alpha value is -1.06. The van der Waals surface area contributed by atoms with Crippen molar-refractivity contribution in [1.82, 2.24) is 4.90 Å². The van der Waals surface area contributed by atoms with Gasteiger partial charge >= 0.3 is 5.97 Å². The summed E-state index contributed by atoms with van der Waals surface area (Å²) in [5.41, 5.74) is 0. The van der Waals surface area contributed by atoms with Crippen LogP contribution in [-0.4, -0.2) is 36.0 Å². The average Bonchev–Trinajstić information content (AvgIpc) is 3.11. The van der Waals surface area contributed by atoms with Gasteiger partial charge in [0.15, 0.2) is 6.23 Å². The van der Waals surface area contributed by atoms with Gasteiger partial charge in [0.2, 0.25) is 0 Å². The largest absolute Gasteiger partial charge is 0.442 e. The second-order valence-electron chi connectivity index (χ2n) is 8.41. The Bertz CT molecular complexity index is 423. The zero-order valence-corrected chi connectivity index (χ0v) is 19.0. The van der Waals surface area contributed by atoms with Crippen molar-refractivity contribution in [2.45, 2.75) is 130 Å². The lowest BCUT2D eigenvalue weighted by Crippen LogP contribution is -2.38. The molecule has 0 saturated heterocycles. The molecule has 4 heteroatoms. The van der Waals surface area contributed by atoms with Crippen molar-refractivity contribution in [2.24, 2.45) is 4.99 Å². The first-order valence-corrected chi connectivity index (χ1v) is 12.1. The molecule has 1 unspecified atom stereocenters. The lowest BCUT2D eigenvalue weighted by Gasteiger charge is -2.25. The van der Waals surface area contributed by atoms with Crippen molar-refractivity contribution in [3.05, 3.63) is 0 Å². The molecule has 0 aromatic heterocycles. The molecule has 0 aromatic carbocycles. The van der Waals surface area contributed by atoms with Crippen LogP contribution in [-0.2, 0) is 9.53 Å². The highest BCUT2D eigenvalue weighted by molar-refractivity contribution is 5.81. The van der Waals surface area contributed by atoms with Gasteiger partial charge in [-0.25, -0.2) is 0 Å². The molecule has 0 spiro atoms. The predicted molar refractivity (Wildman–Crippen MR) is 120 cm³/mol. The number of carbonyl (C=O) groups excluding carboxylic acids is 1. The van der Waals surface area contributed by atoms with E-state index in [2.05, 4.69) is 16.8 Å². The second-order valence-corrected chi connectivity index (χ2v) is 8.41. The van der Waals surface area contributed by atoms with Crippen LogP contribution in [0, 0.1) is 0 Å². The van der Waals surface area contributed by atoms with Crippen LogP contribution in [0.3, 0.4) is 0 Å². The van der Waals surface area contributed by atoms with Gasteiger partial charge in [-0.05, 0) is 20.3 Å². The highest BCUT2D eigenvalue weighted by Crippen LogP contribution is 2.14. The van der Waals surface area contributed by atoms with E-state index >= 15 is 0 Å². The first-order chi connectivity index (χ1) is 13.6. The fourth-order valence-electron chi connectivity index (χ4n) is 3.97. The maximum atomic E-state index is 12.0. The number of hydrogen-bond acceptors (Lipinski definition) is 4. The van der Waals surface area contributed by atoms with Crippen molar-refractivity contribution in [1.29, 1.82) is 0 Å². The molecule has 1 atom stereocenters. The molecule has 164 valence electrons. The third-order valence-corrected chi connectivity index (χ3v) is 5.82. The van der Waals surface area contributed by atoms with E-state index in [-0.39, 0.29) is 12.2 Å². The molecule has 0 aliphatic carbocycles. The lowest BCUT2D eigenvalue weighted by atomic mass is 10.0. The number of esters is 1. The molecule has 1 heterocycles.